The van der Waals surface area contributed by atoms with Gasteiger partial charge >= 0.3 is 5.97 Å². The Morgan fingerprint density at radius 3 is 2.77 bits per heavy atom. The second kappa shape index (κ2) is 9.90. The fourth-order valence-electron chi connectivity index (χ4n) is 3.63. The Morgan fingerprint density at radius 2 is 2.00 bits per heavy atom. The largest absolute Gasteiger partial charge is 0.467 e. The number of carbonyl (C=O) groups is 2. The molecule has 0 spiro atoms. The minimum atomic E-state index is -0.358. The van der Waals surface area contributed by atoms with Crippen LogP contribution in [0.5, 0.6) is 0 Å². The summed E-state index contributed by atoms with van der Waals surface area (Å²) in [5.74, 6) is 0.0250. The van der Waals surface area contributed by atoms with Gasteiger partial charge in [-0.1, -0.05) is 30.3 Å². The molecule has 0 saturated heterocycles. The number of esters is 1. The smallest absolute Gasteiger partial charge is 0.311 e. The van der Waals surface area contributed by atoms with Gasteiger partial charge in [-0.3, -0.25) is 14.9 Å². The van der Waals surface area contributed by atoms with Crippen molar-refractivity contribution in [2.24, 2.45) is 0 Å². The van der Waals surface area contributed by atoms with E-state index in [1.165, 1.54) is 11.3 Å². The van der Waals surface area contributed by atoms with E-state index >= 15 is 0 Å². The SMILES string of the molecule is CCOC(=O)Cc1csc(NC(=O)c2cc(-c3ccccc3)nc3c2cnn3Cc2ccco2)n1. The molecule has 1 aromatic carbocycles. The summed E-state index contributed by atoms with van der Waals surface area (Å²) in [5, 5.41) is 10.0. The molecule has 4 heterocycles. The molecule has 0 aliphatic heterocycles. The number of anilines is 1. The number of hydrogen-bond donors (Lipinski definition) is 1. The number of nitrogens with zero attached hydrogens (tertiary/aromatic N) is 4. The standard InChI is InChI=1S/C25H21N5O4S/c1-2-33-22(31)11-17-15-35-25(27-17)29-24(32)19-12-21(16-7-4-3-5-8-16)28-23-20(19)13-26-30(23)14-18-9-6-10-34-18/h3-10,12-13,15H,2,11,14H2,1H3,(H,27,29,32). The predicted molar refractivity (Wildman–Crippen MR) is 131 cm³/mol. The van der Waals surface area contributed by atoms with E-state index in [9.17, 15) is 9.59 Å². The van der Waals surface area contributed by atoms with Gasteiger partial charge in [0, 0.05) is 10.9 Å². The molecular formula is C25H21N5O4S. The maximum Gasteiger partial charge on any atom is 0.311 e. The van der Waals surface area contributed by atoms with Crippen molar-refractivity contribution in [2.45, 2.75) is 19.9 Å². The molecular weight excluding hydrogens is 466 g/mol. The molecule has 10 heteroatoms. The molecule has 1 N–H and O–H groups in total. The van der Waals surface area contributed by atoms with Crippen LogP contribution in [0.4, 0.5) is 5.13 Å². The molecule has 35 heavy (non-hydrogen) atoms. The maximum absolute atomic E-state index is 13.4. The summed E-state index contributed by atoms with van der Waals surface area (Å²) in [5.41, 5.74) is 3.04. The highest BCUT2D eigenvalue weighted by Gasteiger charge is 2.19. The van der Waals surface area contributed by atoms with Gasteiger partial charge in [-0.25, -0.2) is 14.6 Å². The third-order valence-corrected chi connectivity index (χ3v) is 6.02. The summed E-state index contributed by atoms with van der Waals surface area (Å²) in [6.07, 6.45) is 3.29. The molecule has 0 aliphatic carbocycles. The van der Waals surface area contributed by atoms with Crippen molar-refractivity contribution in [1.29, 1.82) is 0 Å². The lowest BCUT2D eigenvalue weighted by Crippen LogP contribution is -2.13. The fraction of sp³-hybridized carbons (Fsp3) is 0.160. The Bertz CT molecular complexity index is 1470. The Labute approximate surface area is 204 Å². The van der Waals surface area contributed by atoms with Crippen LogP contribution in [0.2, 0.25) is 0 Å². The highest BCUT2D eigenvalue weighted by molar-refractivity contribution is 7.14. The quantitative estimate of drug-likeness (QED) is 0.320. The molecule has 0 radical (unpaired) electrons. The molecule has 0 saturated carbocycles. The first-order valence-corrected chi connectivity index (χ1v) is 11.8. The van der Waals surface area contributed by atoms with Gasteiger partial charge in [-0.2, -0.15) is 5.10 Å². The molecule has 0 unspecified atom stereocenters. The van der Waals surface area contributed by atoms with Gasteiger partial charge in [0.1, 0.15) is 12.3 Å². The fourth-order valence-corrected chi connectivity index (χ4v) is 4.33. The van der Waals surface area contributed by atoms with Gasteiger partial charge in [-0.15, -0.1) is 11.3 Å². The summed E-state index contributed by atoms with van der Waals surface area (Å²) in [4.78, 5) is 34.2. The number of amides is 1. The van der Waals surface area contributed by atoms with Crippen molar-refractivity contribution >= 4 is 39.4 Å². The van der Waals surface area contributed by atoms with Crippen LogP contribution in [-0.2, 0) is 22.5 Å². The van der Waals surface area contributed by atoms with E-state index in [2.05, 4.69) is 15.4 Å². The average Bonchev–Trinajstić information content (AvgIpc) is 3.62. The van der Waals surface area contributed by atoms with Crippen LogP contribution >= 0.6 is 11.3 Å². The summed E-state index contributed by atoms with van der Waals surface area (Å²) in [6.45, 7) is 2.44. The summed E-state index contributed by atoms with van der Waals surface area (Å²) in [7, 11) is 0. The zero-order valence-corrected chi connectivity index (χ0v) is 19.6. The zero-order valence-electron chi connectivity index (χ0n) is 18.8. The lowest BCUT2D eigenvalue weighted by Gasteiger charge is -2.08. The number of fused-ring (bicyclic) bond motifs is 1. The van der Waals surface area contributed by atoms with Gasteiger partial charge in [-0.05, 0) is 25.1 Å². The van der Waals surface area contributed by atoms with Crippen molar-refractivity contribution in [3.8, 4) is 11.3 Å². The number of rotatable bonds is 8. The van der Waals surface area contributed by atoms with Crippen LogP contribution in [0.15, 0.2) is 70.8 Å². The number of nitrogens with one attached hydrogen (secondary N) is 1. The molecule has 5 aromatic rings. The lowest BCUT2D eigenvalue weighted by molar-refractivity contribution is -0.142. The van der Waals surface area contributed by atoms with E-state index in [1.807, 2.05) is 42.5 Å². The molecule has 0 bridgehead atoms. The van der Waals surface area contributed by atoms with Crippen LogP contribution < -0.4 is 5.32 Å². The third-order valence-electron chi connectivity index (χ3n) is 5.21. The number of benzene rings is 1. The molecule has 9 nitrogen and oxygen atoms in total. The van der Waals surface area contributed by atoms with Crippen LogP contribution in [0.1, 0.15) is 28.7 Å². The first kappa shape index (κ1) is 22.5. The number of aromatic nitrogens is 4. The van der Waals surface area contributed by atoms with E-state index in [0.29, 0.717) is 46.3 Å². The Hall–Kier alpha value is -4.31. The molecule has 4 aromatic heterocycles. The predicted octanol–water partition coefficient (Wildman–Crippen LogP) is 4.55. The third kappa shape index (κ3) is 4.97. The minimum Gasteiger partial charge on any atom is -0.467 e. The van der Waals surface area contributed by atoms with E-state index in [1.54, 1.807) is 35.5 Å². The minimum absolute atomic E-state index is 0.0530. The number of ether oxygens (including phenoxy) is 1. The molecule has 176 valence electrons. The van der Waals surface area contributed by atoms with Gasteiger partial charge in [0.25, 0.3) is 5.91 Å². The van der Waals surface area contributed by atoms with Crippen LogP contribution in [0.25, 0.3) is 22.3 Å². The molecule has 1 amide bonds. The molecule has 0 atom stereocenters. The first-order valence-electron chi connectivity index (χ1n) is 11.0. The summed E-state index contributed by atoms with van der Waals surface area (Å²) in [6, 6.07) is 15.1. The average molecular weight is 488 g/mol. The molecule has 5 rings (SSSR count). The van der Waals surface area contributed by atoms with E-state index < -0.39 is 0 Å². The van der Waals surface area contributed by atoms with Gasteiger partial charge in [0.05, 0.1) is 47.8 Å². The normalized spacial score (nSPS) is 11.0. The maximum atomic E-state index is 13.4. The van der Waals surface area contributed by atoms with Gasteiger partial charge < -0.3 is 9.15 Å². The number of thiazole rings is 1. The number of hydrogen-bond acceptors (Lipinski definition) is 8. The highest BCUT2D eigenvalue weighted by atomic mass is 32.1. The van der Waals surface area contributed by atoms with E-state index in [-0.39, 0.29) is 18.3 Å². The number of pyridine rings is 1. The topological polar surface area (TPSA) is 112 Å². The van der Waals surface area contributed by atoms with E-state index in [0.717, 1.165) is 11.3 Å². The Balaban J connectivity index is 1.48. The van der Waals surface area contributed by atoms with Crippen molar-refractivity contribution in [3.05, 3.63) is 83.4 Å². The number of furan rings is 1. The van der Waals surface area contributed by atoms with Gasteiger partial charge in [0.15, 0.2) is 10.8 Å². The zero-order chi connectivity index (χ0) is 24.2. The lowest BCUT2D eigenvalue weighted by atomic mass is 10.1. The van der Waals surface area contributed by atoms with Gasteiger partial charge in [0.2, 0.25) is 0 Å². The second-order valence-corrected chi connectivity index (χ2v) is 8.48. The van der Waals surface area contributed by atoms with Crippen molar-refractivity contribution < 1.29 is 18.7 Å². The molecule has 0 fully saturated rings. The van der Waals surface area contributed by atoms with Crippen molar-refractivity contribution in [1.82, 2.24) is 19.7 Å². The van der Waals surface area contributed by atoms with Crippen LogP contribution in [0.3, 0.4) is 0 Å². The summed E-state index contributed by atoms with van der Waals surface area (Å²) < 4.78 is 12.1. The Morgan fingerprint density at radius 1 is 1.14 bits per heavy atom. The monoisotopic (exact) mass is 487 g/mol. The second-order valence-electron chi connectivity index (χ2n) is 7.62. The van der Waals surface area contributed by atoms with Crippen molar-refractivity contribution in [2.75, 3.05) is 11.9 Å². The van der Waals surface area contributed by atoms with E-state index in [4.69, 9.17) is 14.1 Å². The highest BCUT2D eigenvalue weighted by Crippen LogP contribution is 2.27. The number of carbonyl (C=O) groups excluding carboxylic acids is 2. The van der Waals surface area contributed by atoms with Crippen molar-refractivity contribution in [3.63, 3.8) is 0 Å². The van der Waals surface area contributed by atoms with Crippen LogP contribution in [0, 0.1) is 0 Å². The summed E-state index contributed by atoms with van der Waals surface area (Å²) >= 11 is 1.25. The first-order chi connectivity index (χ1) is 17.1. The Kier molecular flexibility index (Phi) is 6.36. The van der Waals surface area contributed by atoms with Crippen LogP contribution in [-0.4, -0.2) is 38.2 Å². The molecule has 0 aliphatic rings.